The molecule has 0 amide bonds. The Balaban J connectivity index is 2.31. The van der Waals surface area contributed by atoms with Crippen LogP contribution < -0.4 is 0 Å². The third kappa shape index (κ3) is 2.87. The van der Waals surface area contributed by atoms with Crippen molar-refractivity contribution in [2.24, 2.45) is 0 Å². The zero-order chi connectivity index (χ0) is 15.1. The fraction of sp³-hybridized carbons (Fsp3) is 0.583. The molecule has 1 aliphatic rings. The summed E-state index contributed by atoms with van der Waals surface area (Å²) in [4.78, 5) is 13.2. The lowest BCUT2D eigenvalue weighted by Gasteiger charge is -2.40. The summed E-state index contributed by atoms with van der Waals surface area (Å²) in [5.41, 5.74) is -0.722. The molecule has 1 aliphatic heterocycles. The highest BCUT2D eigenvalue weighted by atomic mass is 32.2. The minimum absolute atomic E-state index is 0.0419. The molecule has 0 aliphatic carbocycles. The molecule has 1 fully saturated rings. The van der Waals surface area contributed by atoms with Gasteiger partial charge in [-0.15, -0.1) is 0 Å². The summed E-state index contributed by atoms with van der Waals surface area (Å²) in [6, 6.07) is 1.13. The molecule has 1 atom stereocenters. The lowest BCUT2D eigenvalue weighted by molar-refractivity contribution is -0.109. The summed E-state index contributed by atoms with van der Waals surface area (Å²) in [6.07, 6.45) is 0.984. The molecule has 7 nitrogen and oxygen atoms in total. The van der Waals surface area contributed by atoms with Crippen molar-refractivity contribution in [1.82, 2.24) is 9.29 Å². The second-order valence-electron chi connectivity index (χ2n) is 5.54. The molecular formula is C12H18N2O5S. The van der Waals surface area contributed by atoms with Crippen molar-refractivity contribution in [2.75, 3.05) is 13.1 Å². The van der Waals surface area contributed by atoms with Crippen LogP contribution in [-0.4, -0.2) is 53.6 Å². The summed E-state index contributed by atoms with van der Waals surface area (Å²) in [7, 11) is -3.72. The molecule has 2 N–H and O–H groups in total. The van der Waals surface area contributed by atoms with E-state index in [1.807, 2.05) is 20.8 Å². The van der Waals surface area contributed by atoms with Crippen LogP contribution in [0.3, 0.4) is 0 Å². The van der Waals surface area contributed by atoms with Gasteiger partial charge in [0, 0.05) is 19.3 Å². The van der Waals surface area contributed by atoms with Gasteiger partial charge in [-0.25, -0.2) is 13.2 Å². The van der Waals surface area contributed by atoms with E-state index in [-0.39, 0.29) is 29.8 Å². The predicted octanol–water partition coefficient (Wildman–Crippen LogP) is 0.901. The summed E-state index contributed by atoms with van der Waals surface area (Å²) in [5, 5.41) is 8.84. The molecule has 0 spiro atoms. The first kappa shape index (κ1) is 15.0. The Morgan fingerprint density at radius 1 is 1.55 bits per heavy atom. The van der Waals surface area contributed by atoms with Crippen molar-refractivity contribution in [3.63, 3.8) is 0 Å². The van der Waals surface area contributed by atoms with Crippen molar-refractivity contribution in [2.45, 2.75) is 37.4 Å². The number of carbonyl (C=O) groups is 1. The Bertz CT molecular complexity index is 620. The van der Waals surface area contributed by atoms with Crippen LogP contribution in [0.2, 0.25) is 0 Å². The minimum Gasteiger partial charge on any atom is -0.477 e. The van der Waals surface area contributed by atoms with Gasteiger partial charge in [0.15, 0.2) is 0 Å². The Morgan fingerprint density at radius 2 is 2.20 bits per heavy atom. The SMILES string of the molecule is CC1CN(S(=O)(=O)c2c[nH]c(C(=O)O)c2)CC(C)(C)O1. The van der Waals surface area contributed by atoms with E-state index in [0.29, 0.717) is 0 Å². The predicted molar refractivity (Wildman–Crippen MR) is 71.1 cm³/mol. The highest BCUT2D eigenvalue weighted by Gasteiger charge is 2.38. The molecule has 2 heterocycles. The number of hydrogen-bond donors (Lipinski definition) is 2. The van der Waals surface area contributed by atoms with E-state index < -0.39 is 21.6 Å². The molecule has 1 aromatic rings. The first-order chi connectivity index (χ1) is 9.12. The number of hydrogen-bond acceptors (Lipinski definition) is 4. The first-order valence-electron chi connectivity index (χ1n) is 6.21. The molecule has 0 aromatic carbocycles. The number of nitrogens with zero attached hydrogens (tertiary/aromatic N) is 1. The average molecular weight is 302 g/mol. The first-order valence-corrected chi connectivity index (χ1v) is 7.65. The Kier molecular flexibility index (Phi) is 3.66. The van der Waals surface area contributed by atoms with Gasteiger partial charge < -0.3 is 14.8 Å². The standard InChI is InChI=1S/C12H18N2O5S/c1-8-6-14(7-12(2,3)19-8)20(17,18)9-4-10(11(15)16)13-5-9/h4-5,8,13H,6-7H2,1-3H3,(H,15,16). The maximum Gasteiger partial charge on any atom is 0.352 e. The Hall–Kier alpha value is -1.38. The van der Waals surface area contributed by atoms with Gasteiger partial charge in [-0.3, -0.25) is 0 Å². The van der Waals surface area contributed by atoms with Gasteiger partial charge in [-0.1, -0.05) is 0 Å². The van der Waals surface area contributed by atoms with E-state index in [9.17, 15) is 13.2 Å². The number of sulfonamides is 1. The van der Waals surface area contributed by atoms with Crippen LogP contribution in [0.5, 0.6) is 0 Å². The second-order valence-corrected chi connectivity index (χ2v) is 7.48. The molecule has 20 heavy (non-hydrogen) atoms. The lowest BCUT2D eigenvalue weighted by atomic mass is 10.1. The van der Waals surface area contributed by atoms with Crippen LogP contribution in [0.4, 0.5) is 0 Å². The number of carboxylic acid groups (broad SMARTS) is 1. The molecule has 8 heteroatoms. The molecule has 112 valence electrons. The molecule has 0 bridgehead atoms. The zero-order valence-corrected chi connectivity index (χ0v) is 12.4. The van der Waals surface area contributed by atoms with Crippen LogP contribution in [0.25, 0.3) is 0 Å². The minimum atomic E-state index is -3.72. The van der Waals surface area contributed by atoms with Gasteiger partial charge in [0.05, 0.1) is 11.7 Å². The summed E-state index contributed by atoms with van der Waals surface area (Å²) < 4.78 is 32.0. The van der Waals surface area contributed by atoms with E-state index in [4.69, 9.17) is 9.84 Å². The van der Waals surface area contributed by atoms with E-state index in [1.165, 1.54) is 10.5 Å². The van der Waals surface area contributed by atoms with Crippen LogP contribution in [0.15, 0.2) is 17.2 Å². The highest BCUT2D eigenvalue weighted by Crippen LogP contribution is 2.26. The third-order valence-electron chi connectivity index (χ3n) is 3.06. The third-order valence-corrected chi connectivity index (χ3v) is 4.85. The molecule has 0 radical (unpaired) electrons. The topological polar surface area (TPSA) is 99.7 Å². The van der Waals surface area contributed by atoms with Crippen LogP contribution in [0, 0.1) is 0 Å². The van der Waals surface area contributed by atoms with Gasteiger partial charge in [0.25, 0.3) is 0 Å². The van der Waals surface area contributed by atoms with Gasteiger partial charge in [-0.2, -0.15) is 4.31 Å². The normalized spacial score (nSPS) is 23.6. The molecular weight excluding hydrogens is 284 g/mol. The van der Waals surface area contributed by atoms with E-state index in [1.54, 1.807) is 0 Å². The summed E-state index contributed by atoms with van der Waals surface area (Å²) in [5.74, 6) is -1.19. The van der Waals surface area contributed by atoms with Crippen molar-refractivity contribution in [3.8, 4) is 0 Å². The number of morpholine rings is 1. The van der Waals surface area contributed by atoms with Crippen molar-refractivity contribution in [3.05, 3.63) is 18.0 Å². The van der Waals surface area contributed by atoms with Gasteiger partial charge in [0.2, 0.25) is 10.0 Å². The van der Waals surface area contributed by atoms with Crippen LogP contribution in [-0.2, 0) is 14.8 Å². The molecule has 1 unspecified atom stereocenters. The fourth-order valence-electron chi connectivity index (χ4n) is 2.37. The highest BCUT2D eigenvalue weighted by molar-refractivity contribution is 7.89. The number of aromatic amines is 1. The number of rotatable bonds is 3. The monoisotopic (exact) mass is 302 g/mol. The molecule has 2 rings (SSSR count). The average Bonchev–Trinajstić information content (AvgIpc) is 2.75. The maximum absolute atomic E-state index is 12.5. The fourth-order valence-corrected chi connectivity index (χ4v) is 4.03. The molecule has 0 saturated carbocycles. The lowest BCUT2D eigenvalue weighted by Crippen LogP contribution is -2.53. The van der Waals surface area contributed by atoms with Crippen molar-refractivity contribution >= 4 is 16.0 Å². The van der Waals surface area contributed by atoms with E-state index in [0.717, 1.165) is 6.07 Å². The second kappa shape index (κ2) is 4.87. The van der Waals surface area contributed by atoms with Crippen molar-refractivity contribution in [1.29, 1.82) is 0 Å². The number of aromatic carboxylic acids is 1. The number of nitrogens with one attached hydrogen (secondary N) is 1. The smallest absolute Gasteiger partial charge is 0.352 e. The number of ether oxygens (including phenoxy) is 1. The quantitative estimate of drug-likeness (QED) is 0.864. The van der Waals surface area contributed by atoms with Gasteiger partial charge in [-0.05, 0) is 26.8 Å². The van der Waals surface area contributed by atoms with Gasteiger partial charge in [0.1, 0.15) is 10.6 Å². The van der Waals surface area contributed by atoms with E-state index in [2.05, 4.69) is 4.98 Å². The maximum atomic E-state index is 12.5. The summed E-state index contributed by atoms with van der Waals surface area (Å²) in [6.45, 7) is 5.94. The summed E-state index contributed by atoms with van der Waals surface area (Å²) >= 11 is 0. The number of H-pyrrole nitrogens is 1. The zero-order valence-electron chi connectivity index (χ0n) is 11.6. The van der Waals surface area contributed by atoms with Crippen molar-refractivity contribution < 1.29 is 23.1 Å². The Labute approximate surface area is 117 Å². The van der Waals surface area contributed by atoms with Crippen LogP contribution in [0.1, 0.15) is 31.3 Å². The van der Waals surface area contributed by atoms with Gasteiger partial charge >= 0.3 is 5.97 Å². The number of carboxylic acids is 1. The Morgan fingerprint density at radius 3 is 2.70 bits per heavy atom. The molecule has 1 aromatic heterocycles. The van der Waals surface area contributed by atoms with E-state index >= 15 is 0 Å². The largest absolute Gasteiger partial charge is 0.477 e. The van der Waals surface area contributed by atoms with Crippen LogP contribution >= 0.6 is 0 Å². The number of aromatic nitrogens is 1. The molecule has 1 saturated heterocycles.